The smallest absolute Gasteiger partial charge is 0.307 e. The van der Waals surface area contributed by atoms with Gasteiger partial charge in [0.25, 0.3) is 0 Å². The third-order valence-electron chi connectivity index (χ3n) is 4.49. The molecule has 0 aliphatic heterocycles. The van der Waals surface area contributed by atoms with E-state index in [1.54, 1.807) is 32.4 Å². The molecule has 0 bridgehead atoms. The highest BCUT2D eigenvalue weighted by atomic mass is 19.1. The van der Waals surface area contributed by atoms with Gasteiger partial charge in [0.2, 0.25) is 0 Å². The van der Waals surface area contributed by atoms with E-state index in [2.05, 4.69) is 9.97 Å². The average Bonchev–Trinajstić information content (AvgIpc) is 3.31. The number of halogens is 1. The molecule has 0 saturated heterocycles. The van der Waals surface area contributed by atoms with Crippen molar-refractivity contribution in [3.8, 4) is 5.75 Å². The summed E-state index contributed by atoms with van der Waals surface area (Å²) in [5, 5.41) is 9.40. The van der Waals surface area contributed by atoms with Crippen molar-refractivity contribution in [2.75, 3.05) is 13.7 Å². The summed E-state index contributed by atoms with van der Waals surface area (Å²) in [5.41, 5.74) is 0.474. The van der Waals surface area contributed by atoms with E-state index in [0.717, 1.165) is 0 Å². The molecule has 1 aliphatic carbocycles. The minimum atomic E-state index is -0.912. The van der Waals surface area contributed by atoms with Gasteiger partial charge in [-0.3, -0.25) is 4.79 Å². The van der Waals surface area contributed by atoms with E-state index in [1.807, 2.05) is 0 Å². The molecular formula is C18H19FN2O4. The predicted octanol–water partition coefficient (Wildman–Crippen LogP) is 2.49. The lowest BCUT2D eigenvalue weighted by Crippen LogP contribution is -2.24. The zero-order chi connectivity index (χ0) is 18.0. The van der Waals surface area contributed by atoms with Crippen LogP contribution >= 0.6 is 0 Å². The minimum Gasteiger partial charge on any atom is -0.489 e. The fraction of sp³-hybridized carbons (Fsp3) is 0.389. The molecular weight excluding hydrogens is 327 g/mol. The number of methoxy groups -OCH3 is 1. The second kappa shape index (κ2) is 6.76. The highest BCUT2D eigenvalue weighted by Gasteiger charge is 2.60. The molecule has 1 aliphatic rings. The summed E-state index contributed by atoms with van der Waals surface area (Å²) in [6.07, 6.45) is 1.95. The standard InChI is InChI=1S/C18H19FN2O4/c1-11-20-8-16(15(21-11)9-24-2)25-10-18(7-14(18)17(22)23)12-4-3-5-13(19)6-12/h3-6,8,14H,7,9-10H2,1-2H3,(H,22,23)/t14-,18+/m0/s1. The Bertz CT molecular complexity index is 798. The first-order valence-electron chi connectivity index (χ1n) is 7.89. The number of carboxylic acids is 1. The van der Waals surface area contributed by atoms with E-state index >= 15 is 0 Å². The number of aliphatic carboxylic acids is 1. The number of nitrogens with zero attached hydrogens (tertiary/aromatic N) is 2. The first-order valence-corrected chi connectivity index (χ1v) is 7.89. The maximum absolute atomic E-state index is 13.6. The Kier molecular flexibility index (Phi) is 4.67. The van der Waals surface area contributed by atoms with Crippen LogP contribution < -0.4 is 4.74 Å². The molecule has 0 radical (unpaired) electrons. The van der Waals surface area contributed by atoms with Crippen LogP contribution in [0.5, 0.6) is 5.75 Å². The fourth-order valence-electron chi connectivity index (χ4n) is 3.06. The highest BCUT2D eigenvalue weighted by molar-refractivity contribution is 5.77. The SMILES string of the molecule is COCc1nc(C)ncc1OC[C@@]1(c2cccc(F)c2)C[C@H]1C(=O)O. The molecule has 0 unspecified atom stereocenters. The van der Waals surface area contributed by atoms with Gasteiger partial charge in [-0.05, 0) is 31.0 Å². The Morgan fingerprint density at radius 2 is 2.28 bits per heavy atom. The van der Waals surface area contributed by atoms with E-state index in [4.69, 9.17) is 9.47 Å². The number of benzene rings is 1. The number of hydrogen-bond acceptors (Lipinski definition) is 5. The highest BCUT2D eigenvalue weighted by Crippen LogP contribution is 2.54. The molecule has 25 heavy (non-hydrogen) atoms. The Morgan fingerprint density at radius 3 is 2.92 bits per heavy atom. The van der Waals surface area contributed by atoms with Gasteiger partial charge in [0.1, 0.15) is 17.3 Å². The third kappa shape index (κ3) is 3.46. The van der Waals surface area contributed by atoms with Gasteiger partial charge in [-0.2, -0.15) is 0 Å². The molecule has 7 heteroatoms. The number of carbonyl (C=O) groups is 1. The summed E-state index contributed by atoms with van der Waals surface area (Å²) >= 11 is 0. The van der Waals surface area contributed by atoms with Crippen molar-refractivity contribution in [3.05, 3.63) is 53.4 Å². The predicted molar refractivity (Wildman–Crippen MR) is 86.8 cm³/mol. The van der Waals surface area contributed by atoms with Gasteiger partial charge in [0, 0.05) is 12.5 Å². The lowest BCUT2D eigenvalue weighted by atomic mass is 9.94. The average molecular weight is 346 g/mol. The van der Waals surface area contributed by atoms with Gasteiger partial charge in [-0.25, -0.2) is 14.4 Å². The molecule has 1 fully saturated rings. The summed E-state index contributed by atoms with van der Waals surface area (Å²) in [7, 11) is 1.55. The van der Waals surface area contributed by atoms with E-state index in [0.29, 0.717) is 29.3 Å². The van der Waals surface area contributed by atoms with Crippen LogP contribution in [-0.4, -0.2) is 34.8 Å². The summed E-state index contributed by atoms with van der Waals surface area (Å²) in [4.78, 5) is 19.9. The summed E-state index contributed by atoms with van der Waals surface area (Å²) < 4.78 is 24.6. The van der Waals surface area contributed by atoms with Crippen LogP contribution in [0.4, 0.5) is 4.39 Å². The number of ether oxygens (including phenoxy) is 2. The van der Waals surface area contributed by atoms with Gasteiger partial charge >= 0.3 is 5.97 Å². The van der Waals surface area contributed by atoms with Gasteiger partial charge in [-0.1, -0.05) is 12.1 Å². The first kappa shape index (κ1) is 17.3. The van der Waals surface area contributed by atoms with Crippen molar-refractivity contribution in [1.82, 2.24) is 9.97 Å². The quantitative estimate of drug-likeness (QED) is 0.829. The van der Waals surface area contributed by atoms with Crippen molar-refractivity contribution >= 4 is 5.97 Å². The molecule has 0 amide bonds. The maximum atomic E-state index is 13.6. The Labute approximate surface area is 144 Å². The third-order valence-corrected chi connectivity index (χ3v) is 4.49. The van der Waals surface area contributed by atoms with Crippen LogP contribution in [0.25, 0.3) is 0 Å². The van der Waals surface area contributed by atoms with Crippen LogP contribution in [0.15, 0.2) is 30.5 Å². The lowest BCUT2D eigenvalue weighted by molar-refractivity contribution is -0.139. The number of aromatic nitrogens is 2. The van der Waals surface area contributed by atoms with Crippen molar-refractivity contribution < 1.29 is 23.8 Å². The van der Waals surface area contributed by atoms with Gasteiger partial charge in [0.05, 0.1) is 25.3 Å². The molecule has 1 aromatic heterocycles. The van der Waals surface area contributed by atoms with E-state index in [9.17, 15) is 14.3 Å². The molecule has 1 heterocycles. The zero-order valence-electron chi connectivity index (χ0n) is 14.0. The van der Waals surface area contributed by atoms with Crippen molar-refractivity contribution in [2.24, 2.45) is 5.92 Å². The number of rotatable bonds is 7. The first-order chi connectivity index (χ1) is 12.0. The molecule has 132 valence electrons. The maximum Gasteiger partial charge on any atom is 0.307 e. The Morgan fingerprint density at radius 1 is 1.48 bits per heavy atom. The normalized spacial score (nSPS) is 21.8. The lowest BCUT2D eigenvalue weighted by Gasteiger charge is -2.19. The van der Waals surface area contributed by atoms with E-state index < -0.39 is 23.1 Å². The van der Waals surface area contributed by atoms with Crippen molar-refractivity contribution in [3.63, 3.8) is 0 Å². The van der Waals surface area contributed by atoms with Crippen LogP contribution in [0, 0.1) is 18.7 Å². The summed E-state index contributed by atoms with van der Waals surface area (Å²) in [6, 6.07) is 6.01. The van der Waals surface area contributed by atoms with Crippen LogP contribution in [-0.2, 0) is 21.6 Å². The molecule has 1 N–H and O–H groups in total. The number of carboxylic acid groups (broad SMARTS) is 1. The van der Waals surface area contributed by atoms with Crippen molar-refractivity contribution in [1.29, 1.82) is 0 Å². The second-order valence-corrected chi connectivity index (χ2v) is 6.21. The van der Waals surface area contributed by atoms with Gasteiger partial charge in [-0.15, -0.1) is 0 Å². The summed E-state index contributed by atoms with van der Waals surface area (Å²) in [6.45, 7) is 2.13. The number of aryl methyl sites for hydroxylation is 1. The largest absolute Gasteiger partial charge is 0.489 e. The fourth-order valence-corrected chi connectivity index (χ4v) is 3.06. The second-order valence-electron chi connectivity index (χ2n) is 6.21. The molecule has 2 aromatic rings. The van der Waals surface area contributed by atoms with Crippen LogP contribution in [0.3, 0.4) is 0 Å². The topological polar surface area (TPSA) is 81.5 Å². The molecule has 6 nitrogen and oxygen atoms in total. The molecule has 1 aromatic carbocycles. The number of hydrogen-bond donors (Lipinski definition) is 1. The van der Waals surface area contributed by atoms with Crippen molar-refractivity contribution in [2.45, 2.75) is 25.4 Å². The van der Waals surface area contributed by atoms with Gasteiger partial charge < -0.3 is 14.6 Å². The summed E-state index contributed by atoms with van der Waals surface area (Å²) in [5.74, 6) is -0.878. The zero-order valence-corrected chi connectivity index (χ0v) is 14.0. The monoisotopic (exact) mass is 346 g/mol. The molecule has 3 rings (SSSR count). The molecule has 2 atom stereocenters. The van der Waals surface area contributed by atoms with E-state index in [1.165, 1.54) is 12.1 Å². The minimum absolute atomic E-state index is 0.108. The molecule has 1 saturated carbocycles. The Balaban J connectivity index is 1.85. The van der Waals surface area contributed by atoms with Crippen LogP contribution in [0.1, 0.15) is 23.5 Å². The molecule has 0 spiro atoms. The van der Waals surface area contributed by atoms with Crippen LogP contribution in [0.2, 0.25) is 0 Å². The Hall–Kier alpha value is -2.54. The van der Waals surface area contributed by atoms with Gasteiger partial charge in [0.15, 0.2) is 5.75 Å². The van der Waals surface area contributed by atoms with E-state index in [-0.39, 0.29) is 13.2 Å².